The Hall–Kier alpha value is -1.10. The first-order valence-electron chi connectivity index (χ1n) is 6.74. The van der Waals surface area contributed by atoms with E-state index >= 15 is 0 Å². The summed E-state index contributed by atoms with van der Waals surface area (Å²) >= 11 is 6.16. The molecule has 0 spiro atoms. The van der Waals surface area contributed by atoms with E-state index in [-0.39, 0.29) is 11.9 Å². The predicted molar refractivity (Wildman–Crippen MR) is 81.7 cm³/mol. The Balaban J connectivity index is 2.66. The van der Waals surface area contributed by atoms with E-state index in [4.69, 9.17) is 22.1 Å². The molecule has 2 atom stereocenters. The summed E-state index contributed by atoms with van der Waals surface area (Å²) in [5.74, 6) is -0.0754. The van der Waals surface area contributed by atoms with Crippen molar-refractivity contribution < 1.29 is 9.53 Å². The minimum Gasteiger partial charge on any atom is -0.385 e. The van der Waals surface area contributed by atoms with Crippen molar-refractivity contribution in [2.75, 3.05) is 20.8 Å². The number of carbonyl (C=O) groups is 1. The molecule has 0 aliphatic heterocycles. The van der Waals surface area contributed by atoms with Gasteiger partial charge in [0.2, 0.25) is 5.91 Å². The second-order valence-corrected chi connectivity index (χ2v) is 5.30. The summed E-state index contributed by atoms with van der Waals surface area (Å²) in [6.45, 7) is 2.56. The lowest BCUT2D eigenvalue weighted by atomic mass is 10.1. The van der Waals surface area contributed by atoms with Crippen LogP contribution in [0.3, 0.4) is 0 Å². The SMILES string of the molecule is COCCCC(N)C(=O)N(C)C(C)c1ccccc1Cl. The monoisotopic (exact) mass is 298 g/mol. The van der Waals surface area contributed by atoms with Crippen LogP contribution in [0, 0.1) is 0 Å². The lowest BCUT2D eigenvalue weighted by molar-refractivity contribution is -0.133. The van der Waals surface area contributed by atoms with E-state index in [2.05, 4.69) is 0 Å². The Morgan fingerprint density at radius 2 is 2.10 bits per heavy atom. The summed E-state index contributed by atoms with van der Waals surface area (Å²) in [5.41, 5.74) is 6.86. The van der Waals surface area contributed by atoms with Gasteiger partial charge in [-0.15, -0.1) is 0 Å². The molecule has 0 bridgehead atoms. The van der Waals surface area contributed by atoms with E-state index in [1.165, 1.54) is 0 Å². The van der Waals surface area contributed by atoms with Gasteiger partial charge in [-0.05, 0) is 31.4 Å². The van der Waals surface area contributed by atoms with Gasteiger partial charge in [0.05, 0.1) is 12.1 Å². The van der Waals surface area contributed by atoms with Crippen LogP contribution < -0.4 is 5.73 Å². The molecule has 2 unspecified atom stereocenters. The van der Waals surface area contributed by atoms with E-state index in [9.17, 15) is 4.79 Å². The lowest BCUT2D eigenvalue weighted by Gasteiger charge is -2.28. The maximum absolute atomic E-state index is 12.3. The highest BCUT2D eigenvalue weighted by molar-refractivity contribution is 6.31. The van der Waals surface area contributed by atoms with E-state index in [1.807, 2.05) is 31.2 Å². The molecular formula is C15H23ClN2O2. The summed E-state index contributed by atoms with van der Waals surface area (Å²) in [5, 5.41) is 0.660. The number of carbonyl (C=O) groups excluding carboxylic acids is 1. The van der Waals surface area contributed by atoms with Crippen molar-refractivity contribution in [3.63, 3.8) is 0 Å². The Morgan fingerprint density at radius 1 is 1.45 bits per heavy atom. The third-order valence-electron chi connectivity index (χ3n) is 3.46. The summed E-state index contributed by atoms with van der Waals surface area (Å²) in [4.78, 5) is 13.9. The van der Waals surface area contributed by atoms with Crippen molar-refractivity contribution in [1.82, 2.24) is 4.90 Å². The van der Waals surface area contributed by atoms with Crippen LogP contribution in [0.25, 0.3) is 0 Å². The number of likely N-dealkylation sites (N-methyl/N-ethyl adjacent to an activating group) is 1. The standard InChI is InChI=1S/C15H23ClN2O2/c1-11(12-7-4-5-8-13(12)16)18(2)15(19)14(17)9-6-10-20-3/h4-5,7-8,11,14H,6,9-10,17H2,1-3H3. The summed E-state index contributed by atoms with van der Waals surface area (Å²) < 4.78 is 4.97. The predicted octanol–water partition coefficient (Wildman–Crippen LogP) is 2.61. The first kappa shape index (κ1) is 17.0. The van der Waals surface area contributed by atoms with Crippen LogP contribution >= 0.6 is 11.6 Å². The number of hydrogen-bond acceptors (Lipinski definition) is 3. The molecule has 0 aliphatic carbocycles. The first-order valence-corrected chi connectivity index (χ1v) is 7.12. The minimum atomic E-state index is -0.500. The number of benzene rings is 1. The van der Waals surface area contributed by atoms with Crippen LogP contribution in [0.5, 0.6) is 0 Å². The highest BCUT2D eigenvalue weighted by atomic mass is 35.5. The van der Waals surface area contributed by atoms with E-state index in [0.29, 0.717) is 18.1 Å². The average Bonchev–Trinajstić information content (AvgIpc) is 2.45. The molecule has 4 nitrogen and oxygen atoms in total. The minimum absolute atomic E-state index is 0.0754. The smallest absolute Gasteiger partial charge is 0.239 e. The Labute approximate surface area is 125 Å². The van der Waals surface area contributed by atoms with E-state index in [0.717, 1.165) is 12.0 Å². The van der Waals surface area contributed by atoms with Gasteiger partial charge in [0.25, 0.3) is 0 Å². The maximum Gasteiger partial charge on any atom is 0.239 e. The molecule has 0 fully saturated rings. The molecule has 1 aromatic carbocycles. The van der Waals surface area contributed by atoms with Crippen molar-refractivity contribution in [3.05, 3.63) is 34.9 Å². The highest BCUT2D eigenvalue weighted by Crippen LogP contribution is 2.26. The lowest BCUT2D eigenvalue weighted by Crippen LogP contribution is -2.43. The molecule has 0 radical (unpaired) electrons. The molecule has 5 heteroatoms. The quantitative estimate of drug-likeness (QED) is 0.787. The van der Waals surface area contributed by atoms with Crippen molar-refractivity contribution in [3.8, 4) is 0 Å². The molecule has 0 heterocycles. The van der Waals surface area contributed by atoms with Crippen molar-refractivity contribution in [2.45, 2.75) is 31.8 Å². The number of nitrogens with two attached hydrogens (primary N) is 1. The van der Waals surface area contributed by atoms with Crippen molar-refractivity contribution >= 4 is 17.5 Å². The Kier molecular flexibility index (Phi) is 6.99. The Morgan fingerprint density at radius 3 is 2.70 bits per heavy atom. The van der Waals surface area contributed by atoms with E-state index < -0.39 is 6.04 Å². The highest BCUT2D eigenvalue weighted by Gasteiger charge is 2.23. The molecule has 2 N–H and O–H groups in total. The molecular weight excluding hydrogens is 276 g/mol. The van der Waals surface area contributed by atoms with E-state index in [1.54, 1.807) is 19.1 Å². The van der Waals surface area contributed by atoms with Gasteiger partial charge in [-0.1, -0.05) is 29.8 Å². The van der Waals surface area contributed by atoms with Gasteiger partial charge in [0.1, 0.15) is 0 Å². The number of amides is 1. The molecule has 1 rings (SSSR count). The second-order valence-electron chi connectivity index (χ2n) is 4.89. The van der Waals surface area contributed by atoms with Crippen LogP contribution in [0.15, 0.2) is 24.3 Å². The number of halogens is 1. The van der Waals surface area contributed by atoms with Gasteiger partial charge < -0.3 is 15.4 Å². The van der Waals surface area contributed by atoms with Crippen LogP contribution in [0.1, 0.15) is 31.4 Å². The average molecular weight is 299 g/mol. The number of ether oxygens (including phenoxy) is 1. The van der Waals surface area contributed by atoms with Crippen LogP contribution in [-0.2, 0) is 9.53 Å². The van der Waals surface area contributed by atoms with Crippen molar-refractivity contribution in [1.29, 1.82) is 0 Å². The number of nitrogens with zero attached hydrogens (tertiary/aromatic N) is 1. The number of rotatable bonds is 7. The number of methoxy groups -OCH3 is 1. The Bertz CT molecular complexity index is 440. The van der Waals surface area contributed by atoms with Gasteiger partial charge >= 0.3 is 0 Å². The summed E-state index contributed by atoms with van der Waals surface area (Å²) in [6, 6.07) is 6.92. The fraction of sp³-hybridized carbons (Fsp3) is 0.533. The molecule has 112 valence electrons. The molecule has 20 heavy (non-hydrogen) atoms. The first-order chi connectivity index (χ1) is 9.49. The van der Waals surface area contributed by atoms with Gasteiger partial charge in [0, 0.05) is 25.8 Å². The third kappa shape index (κ3) is 4.47. The molecule has 0 saturated heterocycles. The molecule has 0 aliphatic rings. The topological polar surface area (TPSA) is 55.6 Å². The van der Waals surface area contributed by atoms with Gasteiger partial charge in [-0.25, -0.2) is 0 Å². The maximum atomic E-state index is 12.3. The van der Waals surface area contributed by atoms with Crippen LogP contribution in [-0.4, -0.2) is 37.6 Å². The second kappa shape index (κ2) is 8.25. The summed E-state index contributed by atoms with van der Waals surface area (Å²) in [6.07, 6.45) is 1.39. The largest absolute Gasteiger partial charge is 0.385 e. The zero-order chi connectivity index (χ0) is 15.1. The summed E-state index contributed by atoms with van der Waals surface area (Å²) in [7, 11) is 3.39. The zero-order valence-electron chi connectivity index (χ0n) is 12.3. The molecule has 0 saturated carbocycles. The normalized spacial score (nSPS) is 13.8. The van der Waals surface area contributed by atoms with Crippen LogP contribution in [0.4, 0.5) is 0 Å². The van der Waals surface area contributed by atoms with Crippen LogP contribution in [0.2, 0.25) is 5.02 Å². The molecule has 1 amide bonds. The van der Waals surface area contributed by atoms with Gasteiger partial charge in [-0.2, -0.15) is 0 Å². The van der Waals surface area contributed by atoms with Gasteiger partial charge in [-0.3, -0.25) is 4.79 Å². The van der Waals surface area contributed by atoms with Crippen molar-refractivity contribution in [2.24, 2.45) is 5.73 Å². The number of hydrogen-bond donors (Lipinski definition) is 1. The molecule has 0 aromatic heterocycles. The third-order valence-corrected chi connectivity index (χ3v) is 3.81. The molecule has 1 aromatic rings. The fourth-order valence-electron chi connectivity index (χ4n) is 2.05. The zero-order valence-corrected chi connectivity index (χ0v) is 13.1. The fourth-order valence-corrected chi connectivity index (χ4v) is 2.34. The van der Waals surface area contributed by atoms with Gasteiger partial charge in [0.15, 0.2) is 0 Å².